The zero-order valence-corrected chi connectivity index (χ0v) is 26.1. The molecule has 0 fully saturated rings. The normalized spacial score (nSPS) is 11.7. The lowest BCUT2D eigenvalue weighted by atomic mass is 9.98. The maximum atomic E-state index is 6.63. The van der Waals surface area contributed by atoms with E-state index in [1.807, 2.05) is 6.07 Å². The van der Waals surface area contributed by atoms with Gasteiger partial charge in [0.15, 0.2) is 11.6 Å². The predicted molar refractivity (Wildman–Crippen MR) is 192 cm³/mol. The third-order valence-electron chi connectivity index (χ3n) is 8.31. The molecule has 9 aromatic rings. The van der Waals surface area contributed by atoms with E-state index in [1.165, 1.54) is 52.5 Å². The second-order valence-electron chi connectivity index (χ2n) is 11.0. The van der Waals surface area contributed by atoms with Crippen LogP contribution in [0.3, 0.4) is 0 Å². The van der Waals surface area contributed by atoms with Gasteiger partial charge in [0.2, 0.25) is 5.28 Å². The molecule has 0 aliphatic heterocycles. The van der Waals surface area contributed by atoms with Crippen molar-refractivity contribution in [2.45, 2.75) is 0 Å². The van der Waals surface area contributed by atoms with E-state index in [-0.39, 0.29) is 5.28 Å². The lowest BCUT2D eigenvalue weighted by Crippen LogP contribution is -1.97. The van der Waals surface area contributed by atoms with Gasteiger partial charge in [-0.25, -0.2) is 4.98 Å². The van der Waals surface area contributed by atoms with E-state index in [1.54, 1.807) is 22.7 Å². The first-order valence-electron chi connectivity index (χ1n) is 14.6. The summed E-state index contributed by atoms with van der Waals surface area (Å²) in [6, 6.07) is 47.1. The highest BCUT2D eigenvalue weighted by molar-refractivity contribution is 7.26. The highest BCUT2D eigenvalue weighted by atomic mass is 35.5. The number of thiophene rings is 2. The lowest BCUT2D eigenvalue weighted by molar-refractivity contribution is 1.07. The Morgan fingerprint density at radius 3 is 1.87 bits per heavy atom. The molecule has 0 radical (unpaired) electrons. The Balaban J connectivity index is 1.18. The number of benzene rings is 6. The Labute approximate surface area is 272 Å². The minimum absolute atomic E-state index is 0.184. The fourth-order valence-corrected chi connectivity index (χ4v) is 8.68. The van der Waals surface area contributed by atoms with E-state index >= 15 is 0 Å². The summed E-state index contributed by atoms with van der Waals surface area (Å²) in [5, 5.41) is 4.93. The highest BCUT2D eigenvalue weighted by Gasteiger charge is 2.18. The van der Waals surface area contributed by atoms with Gasteiger partial charge in [0.25, 0.3) is 0 Å². The zero-order chi connectivity index (χ0) is 29.9. The molecule has 3 aromatic heterocycles. The second-order valence-corrected chi connectivity index (χ2v) is 13.4. The summed E-state index contributed by atoms with van der Waals surface area (Å²) in [6.07, 6.45) is 0. The molecule has 0 N–H and O–H groups in total. The summed E-state index contributed by atoms with van der Waals surface area (Å²) in [5.41, 5.74) is 6.68. The lowest BCUT2D eigenvalue weighted by Gasteiger charge is -2.08. The average Bonchev–Trinajstić information content (AvgIpc) is 3.66. The van der Waals surface area contributed by atoms with Crippen molar-refractivity contribution in [3.8, 4) is 45.0 Å². The summed E-state index contributed by atoms with van der Waals surface area (Å²) in [6.45, 7) is 0. The Kier molecular flexibility index (Phi) is 6.23. The molecule has 0 bridgehead atoms. The molecule has 45 heavy (non-hydrogen) atoms. The van der Waals surface area contributed by atoms with Crippen molar-refractivity contribution in [1.82, 2.24) is 15.0 Å². The number of nitrogens with zero attached hydrogens (tertiary/aromatic N) is 3. The molecule has 0 saturated heterocycles. The quantitative estimate of drug-likeness (QED) is 0.194. The molecule has 0 aliphatic carbocycles. The van der Waals surface area contributed by atoms with Crippen molar-refractivity contribution < 1.29 is 0 Å². The monoisotopic (exact) mass is 631 g/mol. The topological polar surface area (TPSA) is 38.7 Å². The fourth-order valence-electron chi connectivity index (χ4n) is 6.19. The summed E-state index contributed by atoms with van der Waals surface area (Å²) in [4.78, 5) is 14.3. The van der Waals surface area contributed by atoms with Gasteiger partial charge in [0.1, 0.15) is 0 Å². The summed E-state index contributed by atoms with van der Waals surface area (Å²) >= 11 is 10.2. The van der Waals surface area contributed by atoms with E-state index in [9.17, 15) is 0 Å². The Bertz CT molecular complexity index is 2550. The third kappa shape index (κ3) is 4.51. The molecule has 212 valence electrons. The van der Waals surface area contributed by atoms with Gasteiger partial charge in [-0.05, 0) is 64.2 Å². The SMILES string of the molecule is Clc1nc(-c2cccc3c2sc2ccccc23)nc(-c2cccc3sc4ccc(-c5ccc(-c6ccccc6)cc5)cc4c23)n1. The van der Waals surface area contributed by atoms with Crippen molar-refractivity contribution in [3.05, 3.63) is 139 Å². The van der Waals surface area contributed by atoms with Crippen LogP contribution in [0.5, 0.6) is 0 Å². The van der Waals surface area contributed by atoms with Crippen LogP contribution >= 0.6 is 34.3 Å². The van der Waals surface area contributed by atoms with Gasteiger partial charge in [0.05, 0.1) is 0 Å². The molecule has 0 spiro atoms. The van der Waals surface area contributed by atoms with Crippen molar-refractivity contribution in [1.29, 1.82) is 0 Å². The van der Waals surface area contributed by atoms with Crippen LogP contribution in [0.25, 0.3) is 85.4 Å². The number of hydrogen-bond donors (Lipinski definition) is 0. The Hall–Kier alpha value is -4.94. The van der Waals surface area contributed by atoms with Crippen molar-refractivity contribution in [2.24, 2.45) is 0 Å². The predicted octanol–water partition coefficient (Wildman–Crippen LogP) is 11.9. The van der Waals surface area contributed by atoms with E-state index < -0.39 is 0 Å². The van der Waals surface area contributed by atoms with Crippen molar-refractivity contribution >= 4 is 74.6 Å². The molecule has 6 aromatic carbocycles. The van der Waals surface area contributed by atoms with Gasteiger partial charge >= 0.3 is 0 Å². The zero-order valence-electron chi connectivity index (χ0n) is 23.7. The molecule has 0 amide bonds. The first-order chi connectivity index (χ1) is 22.2. The standard InChI is InChI=1S/C39H22ClN3S2/c40-39-42-37(41-38(43-39)30-13-6-11-28-27-10-4-5-14-32(27)45-36(28)30)29-12-7-15-34-35(29)31-22-26(20-21-33(31)44-34)25-18-16-24(17-19-25)23-8-2-1-3-9-23/h1-22H. The number of halogens is 1. The number of aromatic nitrogens is 3. The van der Waals surface area contributed by atoms with Crippen LogP contribution < -0.4 is 0 Å². The van der Waals surface area contributed by atoms with E-state index in [2.05, 4.69) is 137 Å². The van der Waals surface area contributed by atoms with Crippen LogP contribution in [0.1, 0.15) is 0 Å². The maximum absolute atomic E-state index is 6.63. The molecule has 3 nitrogen and oxygen atoms in total. The molecule has 0 atom stereocenters. The molecular formula is C39H22ClN3S2. The Morgan fingerprint density at radius 2 is 1.02 bits per heavy atom. The maximum Gasteiger partial charge on any atom is 0.226 e. The first-order valence-corrected chi connectivity index (χ1v) is 16.6. The summed E-state index contributed by atoms with van der Waals surface area (Å²) < 4.78 is 4.79. The van der Waals surface area contributed by atoms with Crippen LogP contribution in [0, 0.1) is 0 Å². The molecule has 6 heteroatoms. The van der Waals surface area contributed by atoms with Crippen LogP contribution in [-0.2, 0) is 0 Å². The van der Waals surface area contributed by atoms with Crippen LogP contribution in [-0.4, -0.2) is 15.0 Å². The number of rotatable bonds is 4. The van der Waals surface area contributed by atoms with Crippen molar-refractivity contribution in [3.63, 3.8) is 0 Å². The summed E-state index contributed by atoms with van der Waals surface area (Å²) in [7, 11) is 0. The van der Waals surface area contributed by atoms with Crippen molar-refractivity contribution in [2.75, 3.05) is 0 Å². The van der Waals surface area contributed by atoms with E-state index in [4.69, 9.17) is 16.6 Å². The highest BCUT2D eigenvalue weighted by Crippen LogP contribution is 2.42. The molecule has 0 saturated carbocycles. The largest absolute Gasteiger partial charge is 0.226 e. The molecule has 0 unspecified atom stereocenters. The second kappa shape index (κ2) is 10.6. The average molecular weight is 632 g/mol. The Morgan fingerprint density at radius 1 is 0.422 bits per heavy atom. The molecule has 0 aliphatic rings. The van der Waals surface area contributed by atoms with Crippen LogP contribution in [0.15, 0.2) is 133 Å². The van der Waals surface area contributed by atoms with Gasteiger partial charge < -0.3 is 0 Å². The molecule has 9 rings (SSSR count). The number of fused-ring (bicyclic) bond motifs is 6. The fraction of sp³-hybridized carbons (Fsp3) is 0. The van der Waals surface area contributed by atoms with Crippen LogP contribution in [0.4, 0.5) is 0 Å². The summed E-state index contributed by atoms with van der Waals surface area (Å²) in [5.74, 6) is 1.16. The third-order valence-corrected chi connectivity index (χ3v) is 10.8. The van der Waals surface area contributed by atoms with Gasteiger partial charge in [-0.1, -0.05) is 103 Å². The molecule has 3 heterocycles. The van der Waals surface area contributed by atoms with Gasteiger partial charge in [0, 0.05) is 51.5 Å². The first kappa shape index (κ1) is 26.5. The van der Waals surface area contributed by atoms with E-state index in [0.717, 1.165) is 21.2 Å². The molecular weight excluding hydrogens is 610 g/mol. The minimum atomic E-state index is 0.184. The van der Waals surface area contributed by atoms with Gasteiger partial charge in [-0.15, -0.1) is 22.7 Å². The van der Waals surface area contributed by atoms with Gasteiger partial charge in [-0.2, -0.15) is 9.97 Å². The van der Waals surface area contributed by atoms with E-state index in [0.29, 0.717) is 11.6 Å². The smallest absolute Gasteiger partial charge is 0.208 e. The van der Waals surface area contributed by atoms with Crippen LogP contribution in [0.2, 0.25) is 5.28 Å². The number of hydrogen-bond acceptors (Lipinski definition) is 5. The minimum Gasteiger partial charge on any atom is -0.208 e. The van der Waals surface area contributed by atoms with Gasteiger partial charge in [-0.3, -0.25) is 0 Å².